The third-order valence-electron chi connectivity index (χ3n) is 6.05. The molecule has 3 aromatic rings. The number of aliphatic carboxylic acids is 2. The predicted molar refractivity (Wildman–Crippen MR) is 135 cm³/mol. The van der Waals surface area contributed by atoms with E-state index >= 15 is 0 Å². The number of hydrogen-bond donors (Lipinski definition) is 5. The average Bonchev–Trinajstić information content (AvgIpc) is 3.56. The smallest absolute Gasteiger partial charge is 0.348 e. The highest BCUT2D eigenvalue weighted by Gasteiger charge is 2.58. The molecule has 4 atom stereocenters. The molecule has 0 spiro atoms. The van der Waals surface area contributed by atoms with E-state index in [1.54, 1.807) is 16.8 Å². The molecule has 1 fully saturated rings. The van der Waals surface area contributed by atoms with Crippen molar-refractivity contribution < 1.29 is 39.5 Å². The first-order valence-electron chi connectivity index (χ1n) is 11.2. The zero-order valence-corrected chi connectivity index (χ0v) is 21.7. The number of nitrogens with one attached hydrogen (secondary N) is 1. The molecule has 0 radical (unpaired) electrons. The molecule has 0 amide bonds. The molecule has 0 unspecified atom stereocenters. The second kappa shape index (κ2) is 10.4. The summed E-state index contributed by atoms with van der Waals surface area (Å²) in [7, 11) is 0. The van der Waals surface area contributed by atoms with Gasteiger partial charge >= 0.3 is 11.9 Å². The number of hydrogen-bond acceptors (Lipinski definition) is 11. The lowest BCUT2D eigenvalue weighted by atomic mass is 9.92. The molecule has 1 aliphatic heterocycles. The van der Waals surface area contributed by atoms with Crippen LogP contribution < -0.4 is 5.32 Å². The monoisotopic (exact) mass is 565 g/mol. The van der Waals surface area contributed by atoms with Crippen molar-refractivity contribution in [3.05, 3.63) is 34.0 Å². The van der Waals surface area contributed by atoms with Gasteiger partial charge in [-0.15, -0.1) is 6.42 Å². The molecule has 15 heteroatoms. The van der Waals surface area contributed by atoms with Crippen LogP contribution >= 0.6 is 22.9 Å². The molecule has 4 heterocycles. The lowest BCUT2D eigenvalue weighted by Crippen LogP contribution is -2.54. The van der Waals surface area contributed by atoms with Gasteiger partial charge in [0.15, 0.2) is 28.8 Å². The molecule has 1 aliphatic rings. The Morgan fingerprint density at radius 2 is 2.11 bits per heavy atom. The van der Waals surface area contributed by atoms with Crippen LogP contribution in [0.15, 0.2) is 23.2 Å². The Balaban J connectivity index is 1.66. The summed E-state index contributed by atoms with van der Waals surface area (Å²) < 4.78 is 12.5. The second-order valence-corrected chi connectivity index (χ2v) is 10.1. The number of nitrogens with zero attached hydrogens (tertiary/aromatic N) is 4. The number of ether oxygens (including phenoxy) is 2. The van der Waals surface area contributed by atoms with E-state index in [1.807, 2.05) is 13.8 Å². The van der Waals surface area contributed by atoms with Crippen LogP contribution in [0, 0.1) is 12.3 Å². The molecular weight excluding hydrogens is 542 g/mol. The summed E-state index contributed by atoms with van der Waals surface area (Å²) in [6.07, 6.45) is 1.66. The highest BCUT2D eigenvalue weighted by Crippen LogP contribution is 2.39. The molecule has 4 rings (SSSR count). The number of carboxylic acid groups (broad SMARTS) is 2. The maximum Gasteiger partial charge on any atom is 0.348 e. The zero-order valence-electron chi connectivity index (χ0n) is 20.1. The number of thiophene rings is 1. The van der Waals surface area contributed by atoms with Crippen molar-refractivity contribution in [3.8, 4) is 12.3 Å². The Bertz CT molecular complexity index is 1380. The SMILES string of the molecule is C#C[C@@]1(O)[C@@H](COC(Cc2ccsc2)(C(=O)O)C(=O)O)O[C@@H](n2cnc3c(NC(C)C)nc(Cl)nc32)[C@@H]1O. The van der Waals surface area contributed by atoms with Crippen LogP contribution in [0.5, 0.6) is 0 Å². The fraction of sp³-hybridized carbons (Fsp3) is 0.435. The van der Waals surface area contributed by atoms with Gasteiger partial charge in [-0.05, 0) is 47.8 Å². The third-order valence-corrected chi connectivity index (χ3v) is 6.95. The van der Waals surface area contributed by atoms with E-state index in [0.29, 0.717) is 16.9 Å². The van der Waals surface area contributed by atoms with Crippen molar-refractivity contribution in [2.24, 2.45) is 0 Å². The van der Waals surface area contributed by atoms with Gasteiger partial charge in [0, 0.05) is 12.5 Å². The van der Waals surface area contributed by atoms with Gasteiger partial charge in [-0.3, -0.25) is 4.57 Å². The minimum absolute atomic E-state index is 0.0199. The van der Waals surface area contributed by atoms with Gasteiger partial charge in [-0.2, -0.15) is 21.3 Å². The topological polar surface area (TPSA) is 189 Å². The van der Waals surface area contributed by atoms with E-state index in [2.05, 4.69) is 26.2 Å². The highest BCUT2D eigenvalue weighted by molar-refractivity contribution is 7.07. The number of terminal acetylenes is 1. The van der Waals surface area contributed by atoms with E-state index in [9.17, 15) is 30.0 Å². The van der Waals surface area contributed by atoms with Crippen LogP contribution in [0.2, 0.25) is 5.28 Å². The van der Waals surface area contributed by atoms with E-state index < -0.39 is 54.6 Å². The molecule has 5 N–H and O–H groups in total. The van der Waals surface area contributed by atoms with Crippen LogP contribution in [-0.2, 0) is 25.5 Å². The van der Waals surface area contributed by atoms with Gasteiger partial charge in [0.05, 0.1) is 12.9 Å². The minimum Gasteiger partial charge on any atom is -0.479 e. The second-order valence-electron chi connectivity index (χ2n) is 8.95. The number of aromatic nitrogens is 4. The minimum atomic E-state index is -2.71. The Morgan fingerprint density at radius 3 is 2.68 bits per heavy atom. The van der Waals surface area contributed by atoms with Crippen LogP contribution in [0.3, 0.4) is 0 Å². The van der Waals surface area contributed by atoms with Crippen molar-refractivity contribution in [1.82, 2.24) is 19.5 Å². The first-order valence-corrected chi connectivity index (χ1v) is 12.6. The lowest BCUT2D eigenvalue weighted by molar-refractivity contribution is -0.191. The number of carbonyl (C=O) groups is 2. The molecule has 38 heavy (non-hydrogen) atoms. The molecule has 0 aromatic carbocycles. The zero-order chi connectivity index (χ0) is 27.8. The molecular formula is C23H24ClN5O8S. The average molecular weight is 566 g/mol. The van der Waals surface area contributed by atoms with E-state index in [-0.39, 0.29) is 17.0 Å². The number of halogens is 1. The standard InChI is InChI=1S/C23H24ClN5O8S/c1-4-22(35)13(8-36-23(19(31)32,20(33)34)7-12-5-6-38-9-12)37-18(15(22)30)29-10-25-14-16(26-11(2)3)27-21(24)28-17(14)29/h1,5-6,9-11,13,15,18,30,35H,7-8H2,2-3H3,(H,31,32)(H,33,34)(H,26,27,28)/t13-,15+,18-,22-/m1/s1. The molecule has 13 nitrogen and oxygen atoms in total. The largest absolute Gasteiger partial charge is 0.479 e. The summed E-state index contributed by atoms with van der Waals surface area (Å²) >= 11 is 7.35. The molecule has 0 aliphatic carbocycles. The van der Waals surface area contributed by atoms with Gasteiger partial charge in [0.2, 0.25) is 5.28 Å². The molecule has 0 saturated carbocycles. The summed E-state index contributed by atoms with van der Waals surface area (Å²) in [5.74, 6) is -1.11. The van der Waals surface area contributed by atoms with Gasteiger partial charge in [-0.1, -0.05) is 5.92 Å². The fourth-order valence-corrected chi connectivity index (χ4v) is 4.92. The van der Waals surface area contributed by atoms with E-state index in [4.69, 9.17) is 27.5 Å². The summed E-state index contributed by atoms with van der Waals surface area (Å²) in [6.45, 7) is 2.99. The first kappa shape index (κ1) is 27.7. The number of imidazole rings is 1. The van der Waals surface area contributed by atoms with E-state index in [1.165, 1.54) is 22.2 Å². The molecule has 0 bridgehead atoms. The van der Waals surface area contributed by atoms with Gasteiger partial charge < -0.3 is 35.2 Å². The maximum atomic E-state index is 12.1. The number of carboxylic acids is 2. The van der Waals surface area contributed by atoms with Crippen molar-refractivity contribution >= 4 is 51.9 Å². The van der Waals surface area contributed by atoms with Gasteiger partial charge in [-0.25, -0.2) is 14.6 Å². The van der Waals surface area contributed by atoms with Crippen molar-refractivity contribution in [3.63, 3.8) is 0 Å². The molecule has 1 saturated heterocycles. The van der Waals surface area contributed by atoms with Crippen molar-refractivity contribution in [2.45, 2.75) is 55.9 Å². The predicted octanol–water partition coefficient (Wildman–Crippen LogP) is 1.15. The first-order chi connectivity index (χ1) is 17.9. The number of fused-ring (bicyclic) bond motifs is 1. The number of aliphatic hydroxyl groups excluding tert-OH is 1. The fourth-order valence-electron chi connectivity index (χ4n) is 4.08. The Labute approximate surface area is 225 Å². The van der Waals surface area contributed by atoms with Crippen LogP contribution in [-0.4, -0.2) is 87.9 Å². The summed E-state index contributed by atoms with van der Waals surface area (Å²) in [5, 5.41) is 48.0. The quantitative estimate of drug-likeness (QED) is 0.134. The normalized spacial score (nSPS) is 23.6. The number of anilines is 1. The number of aliphatic hydroxyl groups is 2. The van der Waals surface area contributed by atoms with Gasteiger partial charge in [0.25, 0.3) is 5.60 Å². The van der Waals surface area contributed by atoms with Crippen molar-refractivity contribution in [1.29, 1.82) is 0 Å². The van der Waals surface area contributed by atoms with Crippen LogP contribution in [0.1, 0.15) is 25.6 Å². The molecule has 3 aromatic heterocycles. The van der Waals surface area contributed by atoms with Crippen molar-refractivity contribution in [2.75, 3.05) is 11.9 Å². The van der Waals surface area contributed by atoms with Crippen LogP contribution in [0.25, 0.3) is 11.2 Å². The highest BCUT2D eigenvalue weighted by atomic mass is 35.5. The summed E-state index contributed by atoms with van der Waals surface area (Å²) in [4.78, 5) is 36.7. The summed E-state index contributed by atoms with van der Waals surface area (Å²) in [6, 6.07) is 1.55. The lowest BCUT2D eigenvalue weighted by Gasteiger charge is -2.29. The summed E-state index contributed by atoms with van der Waals surface area (Å²) in [5.41, 5.74) is -4.22. The van der Waals surface area contributed by atoms with E-state index in [0.717, 1.165) is 0 Å². The Kier molecular flexibility index (Phi) is 7.62. The molecule has 202 valence electrons. The maximum absolute atomic E-state index is 12.1. The van der Waals surface area contributed by atoms with Crippen LogP contribution in [0.4, 0.5) is 5.82 Å². The third kappa shape index (κ3) is 4.80. The van der Waals surface area contributed by atoms with Gasteiger partial charge in [0.1, 0.15) is 12.2 Å². The Hall–Kier alpha value is -3.32. The Morgan fingerprint density at radius 1 is 1.39 bits per heavy atom. The number of rotatable bonds is 10.